The molecule has 0 saturated carbocycles. The minimum absolute atomic E-state index is 0.0485. The predicted octanol–water partition coefficient (Wildman–Crippen LogP) is 2.39. The Kier molecular flexibility index (Phi) is 4.61. The number of nitrogens with one attached hydrogen (secondary N) is 2. The van der Waals surface area contributed by atoms with Gasteiger partial charge in [0, 0.05) is 25.1 Å². The lowest BCUT2D eigenvalue weighted by Gasteiger charge is -2.11. The van der Waals surface area contributed by atoms with Gasteiger partial charge in [0.1, 0.15) is 17.8 Å². The van der Waals surface area contributed by atoms with Crippen molar-refractivity contribution in [1.82, 2.24) is 30.3 Å². The molecule has 3 aromatic rings. The summed E-state index contributed by atoms with van der Waals surface area (Å²) in [7, 11) is 1.87. The highest BCUT2D eigenvalue weighted by Crippen LogP contribution is 2.26. The summed E-state index contributed by atoms with van der Waals surface area (Å²) in [5, 5.41) is 18.3. The fourth-order valence-electron chi connectivity index (χ4n) is 2.42. The quantitative estimate of drug-likeness (QED) is 0.743. The lowest BCUT2D eigenvalue weighted by molar-refractivity contribution is 0.0946. The van der Waals surface area contributed by atoms with Gasteiger partial charge in [0.15, 0.2) is 0 Å². The first kappa shape index (κ1) is 16.2. The zero-order chi connectivity index (χ0) is 17.1. The Hall–Kier alpha value is -2.67. The molecular formula is C16H17ClN6O. The maximum absolute atomic E-state index is 12.3. The van der Waals surface area contributed by atoms with Gasteiger partial charge in [0.25, 0.3) is 5.91 Å². The molecule has 3 rings (SSSR count). The minimum atomic E-state index is -0.227. The molecule has 124 valence electrons. The van der Waals surface area contributed by atoms with Gasteiger partial charge in [0.05, 0.1) is 10.7 Å². The first-order chi connectivity index (χ1) is 11.6. The number of nitrogens with zero attached hydrogens (tertiary/aromatic N) is 4. The van der Waals surface area contributed by atoms with Crippen LogP contribution in [0.1, 0.15) is 29.2 Å². The van der Waals surface area contributed by atoms with Crippen molar-refractivity contribution >= 4 is 17.5 Å². The number of hydrogen-bond acceptors (Lipinski definition) is 4. The van der Waals surface area contributed by atoms with Gasteiger partial charge < -0.3 is 9.88 Å². The van der Waals surface area contributed by atoms with Crippen molar-refractivity contribution in [2.24, 2.45) is 7.05 Å². The summed E-state index contributed by atoms with van der Waals surface area (Å²) >= 11 is 6.15. The normalized spacial score (nSPS) is 12.1. The molecule has 8 heteroatoms. The van der Waals surface area contributed by atoms with Gasteiger partial charge in [-0.15, -0.1) is 10.2 Å². The third-order valence-electron chi connectivity index (χ3n) is 3.73. The monoisotopic (exact) mass is 344 g/mol. The highest BCUT2D eigenvalue weighted by molar-refractivity contribution is 6.33. The lowest BCUT2D eigenvalue weighted by Crippen LogP contribution is -2.28. The first-order valence-corrected chi connectivity index (χ1v) is 7.86. The summed E-state index contributed by atoms with van der Waals surface area (Å²) in [5.41, 5.74) is 1.80. The average molecular weight is 345 g/mol. The Morgan fingerprint density at radius 3 is 2.92 bits per heavy atom. The number of aromatic amines is 1. The van der Waals surface area contributed by atoms with E-state index in [9.17, 15) is 4.79 Å². The zero-order valence-corrected chi connectivity index (χ0v) is 14.1. The summed E-state index contributed by atoms with van der Waals surface area (Å²) in [6.07, 6.45) is 1.64. The highest BCUT2D eigenvalue weighted by atomic mass is 35.5. The van der Waals surface area contributed by atoms with Gasteiger partial charge >= 0.3 is 0 Å². The van der Waals surface area contributed by atoms with Crippen LogP contribution in [0.15, 0.2) is 36.7 Å². The van der Waals surface area contributed by atoms with Crippen molar-refractivity contribution in [3.8, 4) is 11.3 Å². The van der Waals surface area contributed by atoms with Crippen LogP contribution in [0, 0.1) is 0 Å². The fourth-order valence-corrected chi connectivity index (χ4v) is 2.65. The summed E-state index contributed by atoms with van der Waals surface area (Å²) in [4.78, 5) is 12.3. The number of aromatic nitrogens is 5. The van der Waals surface area contributed by atoms with Crippen molar-refractivity contribution in [2.75, 3.05) is 6.54 Å². The van der Waals surface area contributed by atoms with E-state index in [2.05, 4.69) is 25.7 Å². The van der Waals surface area contributed by atoms with E-state index in [0.29, 0.717) is 23.0 Å². The number of benzene rings is 1. The largest absolute Gasteiger partial charge is 0.350 e. The van der Waals surface area contributed by atoms with Crippen molar-refractivity contribution in [3.05, 3.63) is 53.2 Å². The van der Waals surface area contributed by atoms with Crippen molar-refractivity contribution in [3.63, 3.8) is 0 Å². The van der Waals surface area contributed by atoms with Gasteiger partial charge in [-0.1, -0.05) is 36.7 Å². The Labute approximate surface area is 144 Å². The van der Waals surface area contributed by atoms with Crippen molar-refractivity contribution < 1.29 is 4.79 Å². The third-order valence-corrected chi connectivity index (χ3v) is 4.06. The Morgan fingerprint density at radius 2 is 2.21 bits per heavy atom. The third kappa shape index (κ3) is 3.30. The number of halogens is 1. The van der Waals surface area contributed by atoms with Crippen LogP contribution in [-0.2, 0) is 7.05 Å². The SMILES string of the molecule is C[C@H](CNC(=O)c1cc(-c2ccccc2Cl)n[nH]1)c1nncn1C. The highest BCUT2D eigenvalue weighted by Gasteiger charge is 2.16. The molecule has 2 heterocycles. The Balaban J connectivity index is 1.66. The topological polar surface area (TPSA) is 88.5 Å². The molecule has 0 spiro atoms. The first-order valence-electron chi connectivity index (χ1n) is 7.48. The van der Waals surface area contributed by atoms with Crippen LogP contribution in [0.5, 0.6) is 0 Å². The van der Waals surface area contributed by atoms with Gasteiger partial charge in [-0.05, 0) is 12.1 Å². The van der Waals surface area contributed by atoms with Gasteiger partial charge in [-0.2, -0.15) is 5.10 Å². The maximum Gasteiger partial charge on any atom is 0.269 e. The second kappa shape index (κ2) is 6.84. The van der Waals surface area contributed by atoms with E-state index in [1.54, 1.807) is 18.5 Å². The van der Waals surface area contributed by atoms with Crippen LogP contribution in [0.3, 0.4) is 0 Å². The van der Waals surface area contributed by atoms with Crippen LogP contribution in [0.4, 0.5) is 0 Å². The van der Waals surface area contributed by atoms with E-state index >= 15 is 0 Å². The van der Waals surface area contributed by atoms with E-state index < -0.39 is 0 Å². The number of carbonyl (C=O) groups excluding carboxylic acids is 1. The predicted molar refractivity (Wildman–Crippen MR) is 90.8 cm³/mol. The fraction of sp³-hybridized carbons (Fsp3) is 0.250. The van der Waals surface area contributed by atoms with Crippen LogP contribution in [0.25, 0.3) is 11.3 Å². The molecule has 2 N–H and O–H groups in total. The van der Waals surface area contributed by atoms with Gasteiger partial charge in [-0.25, -0.2) is 0 Å². The summed E-state index contributed by atoms with van der Waals surface area (Å²) in [6, 6.07) is 9.05. The van der Waals surface area contributed by atoms with Crippen molar-refractivity contribution in [2.45, 2.75) is 12.8 Å². The molecule has 1 atom stereocenters. The number of carbonyl (C=O) groups is 1. The summed E-state index contributed by atoms with van der Waals surface area (Å²) in [5.74, 6) is 0.638. The Bertz CT molecular complexity index is 856. The average Bonchev–Trinajstić information content (AvgIpc) is 3.22. The number of amides is 1. The van der Waals surface area contributed by atoms with Crippen LogP contribution >= 0.6 is 11.6 Å². The van der Waals surface area contributed by atoms with Gasteiger partial charge in [-0.3, -0.25) is 9.89 Å². The molecule has 1 aromatic carbocycles. The number of hydrogen-bond donors (Lipinski definition) is 2. The minimum Gasteiger partial charge on any atom is -0.350 e. The van der Waals surface area contributed by atoms with Crippen LogP contribution < -0.4 is 5.32 Å². The summed E-state index contributed by atoms with van der Waals surface area (Å²) < 4.78 is 1.84. The molecule has 0 aliphatic heterocycles. The standard InChI is InChI=1S/C16H17ClN6O/c1-10(15-22-19-9-23(15)2)8-18-16(24)14-7-13(20-21-14)11-5-3-4-6-12(11)17/h3-7,9-10H,8H2,1-2H3,(H,18,24)(H,20,21)/t10-/m1/s1. The molecule has 2 aromatic heterocycles. The molecule has 1 amide bonds. The number of H-pyrrole nitrogens is 1. The van der Waals surface area contributed by atoms with E-state index in [-0.39, 0.29) is 11.8 Å². The van der Waals surface area contributed by atoms with Gasteiger partial charge in [0.2, 0.25) is 0 Å². The molecule has 0 bridgehead atoms. The zero-order valence-electron chi connectivity index (χ0n) is 13.3. The second-order valence-corrected chi connectivity index (χ2v) is 5.97. The molecule has 0 saturated heterocycles. The smallest absolute Gasteiger partial charge is 0.269 e. The Morgan fingerprint density at radius 1 is 1.42 bits per heavy atom. The molecular weight excluding hydrogens is 328 g/mol. The molecule has 0 aliphatic rings. The summed E-state index contributed by atoms with van der Waals surface area (Å²) in [6.45, 7) is 2.43. The maximum atomic E-state index is 12.3. The lowest BCUT2D eigenvalue weighted by atomic mass is 10.1. The molecule has 0 unspecified atom stereocenters. The van der Waals surface area contributed by atoms with E-state index in [1.807, 2.05) is 36.7 Å². The molecule has 0 aliphatic carbocycles. The van der Waals surface area contributed by atoms with E-state index in [4.69, 9.17) is 11.6 Å². The molecule has 24 heavy (non-hydrogen) atoms. The van der Waals surface area contributed by atoms with Crippen molar-refractivity contribution in [1.29, 1.82) is 0 Å². The van der Waals surface area contributed by atoms with Crippen LogP contribution in [0.2, 0.25) is 5.02 Å². The van der Waals surface area contributed by atoms with Crippen LogP contribution in [-0.4, -0.2) is 37.4 Å². The molecule has 7 nitrogen and oxygen atoms in total. The number of rotatable bonds is 5. The number of aryl methyl sites for hydroxylation is 1. The molecule has 0 radical (unpaired) electrons. The van der Waals surface area contributed by atoms with E-state index in [0.717, 1.165) is 11.4 Å². The van der Waals surface area contributed by atoms with E-state index in [1.165, 1.54) is 0 Å². The molecule has 0 fully saturated rings. The second-order valence-electron chi connectivity index (χ2n) is 5.56.